The molecule has 0 bridgehead atoms. The largest absolute Gasteiger partial charge is 0.477 e. The van der Waals surface area contributed by atoms with Gasteiger partial charge in [0.1, 0.15) is 11.2 Å². The highest BCUT2D eigenvalue weighted by Crippen LogP contribution is 2.28. The lowest BCUT2D eigenvalue weighted by Gasteiger charge is -2.19. The fourth-order valence-corrected chi connectivity index (χ4v) is 3.39. The van der Waals surface area contributed by atoms with Crippen LogP contribution < -0.4 is 16.1 Å². The number of hydrogen-bond acceptors (Lipinski definition) is 5. The Morgan fingerprint density at radius 1 is 1.52 bits per heavy atom. The van der Waals surface area contributed by atoms with Gasteiger partial charge in [-0.15, -0.1) is 0 Å². The normalized spacial score (nSPS) is 17.4. The van der Waals surface area contributed by atoms with E-state index in [9.17, 15) is 19.1 Å². The Hall–Kier alpha value is -2.48. The molecule has 1 fully saturated rings. The molecule has 25 heavy (non-hydrogen) atoms. The first-order chi connectivity index (χ1) is 12.0. The lowest BCUT2D eigenvalue weighted by Crippen LogP contribution is -2.25. The number of fused-ring (bicyclic) bond motifs is 1. The third kappa shape index (κ3) is 3.09. The number of nitrogens with zero attached hydrogens (tertiary/aromatic N) is 3. The van der Waals surface area contributed by atoms with E-state index in [4.69, 9.17) is 5.73 Å². The minimum absolute atomic E-state index is 0.0132. The molecule has 0 amide bonds. The molecule has 0 aromatic carbocycles. The summed E-state index contributed by atoms with van der Waals surface area (Å²) in [6.07, 6.45) is 3.07. The zero-order valence-electron chi connectivity index (χ0n) is 14.0. The van der Waals surface area contributed by atoms with Crippen LogP contribution in [0, 0.1) is 11.7 Å². The standard InChI is InChI=1S/C17H21FN4O3/c1-2-21-9-12(17(24)25)14(23)11-7-13(18)16(20-15(11)21)22-6-4-10(8-22)3-5-19/h7,9-10H,2-6,8,19H2,1H3,(H,24,25). The average molecular weight is 348 g/mol. The van der Waals surface area contributed by atoms with Gasteiger partial charge in [-0.25, -0.2) is 14.2 Å². The van der Waals surface area contributed by atoms with Gasteiger partial charge in [0.25, 0.3) is 0 Å². The maximum Gasteiger partial charge on any atom is 0.341 e. The van der Waals surface area contributed by atoms with Crippen LogP contribution in [0.1, 0.15) is 30.1 Å². The highest BCUT2D eigenvalue weighted by molar-refractivity contribution is 5.92. The molecule has 0 radical (unpaired) electrons. The van der Waals surface area contributed by atoms with E-state index in [2.05, 4.69) is 4.98 Å². The molecule has 7 nitrogen and oxygen atoms in total. The second-order valence-electron chi connectivity index (χ2n) is 6.31. The average Bonchev–Trinajstić information content (AvgIpc) is 3.03. The third-order valence-electron chi connectivity index (χ3n) is 4.72. The molecule has 3 rings (SSSR count). The maximum atomic E-state index is 14.6. The zero-order chi connectivity index (χ0) is 18.1. The highest BCUT2D eigenvalue weighted by atomic mass is 19.1. The van der Waals surface area contributed by atoms with Gasteiger partial charge in [0, 0.05) is 25.8 Å². The van der Waals surface area contributed by atoms with Crippen molar-refractivity contribution in [2.24, 2.45) is 11.7 Å². The molecule has 0 spiro atoms. The van der Waals surface area contributed by atoms with Crippen molar-refractivity contribution in [2.75, 3.05) is 24.5 Å². The first-order valence-corrected chi connectivity index (χ1v) is 8.38. The number of halogens is 1. The molecule has 1 aliphatic rings. The van der Waals surface area contributed by atoms with Gasteiger partial charge in [0.2, 0.25) is 5.43 Å². The molecule has 1 atom stereocenters. The number of carbonyl (C=O) groups is 1. The number of carboxylic acids is 1. The topological polar surface area (TPSA) is 101 Å². The lowest BCUT2D eigenvalue weighted by atomic mass is 10.1. The predicted molar refractivity (Wildman–Crippen MR) is 92.6 cm³/mol. The number of aryl methyl sites for hydroxylation is 1. The van der Waals surface area contributed by atoms with Crippen LogP contribution in [0.15, 0.2) is 17.1 Å². The second-order valence-corrected chi connectivity index (χ2v) is 6.31. The van der Waals surface area contributed by atoms with Gasteiger partial charge in [0.05, 0.1) is 5.39 Å². The third-order valence-corrected chi connectivity index (χ3v) is 4.72. The number of pyridine rings is 2. The van der Waals surface area contributed by atoms with Gasteiger partial charge in [-0.3, -0.25) is 4.79 Å². The molecule has 2 aromatic heterocycles. The number of carboxylic acid groups (broad SMARTS) is 1. The molecule has 8 heteroatoms. The van der Waals surface area contributed by atoms with E-state index in [1.54, 1.807) is 4.57 Å². The minimum Gasteiger partial charge on any atom is -0.477 e. The van der Waals surface area contributed by atoms with Crippen LogP contribution in [0.25, 0.3) is 11.0 Å². The molecule has 1 saturated heterocycles. The van der Waals surface area contributed by atoms with E-state index in [1.165, 1.54) is 6.20 Å². The van der Waals surface area contributed by atoms with Gasteiger partial charge < -0.3 is 20.3 Å². The van der Waals surface area contributed by atoms with Crippen LogP contribution in [0.4, 0.5) is 10.2 Å². The number of anilines is 1. The first-order valence-electron chi connectivity index (χ1n) is 8.38. The fourth-order valence-electron chi connectivity index (χ4n) is 3.39. The number of nitrogens with two attached hydrogens (primary N) is 1. The van der Waals surface area contributed by atoms with Crippen molar-refractivity contribution in [2.45, 2.75) is 26.3 Å². The Kier molecular flexibility index (Phi) is 4.71. The number of aromatic nitrogens is 2. The summed E-state index contributed by atoms with van der Waals surface area (Å²) in [6.45, 7) is 4.19. The van der Waals surface area contributed by atoms with Crippen molar-refractivity contribution in [1.82, 2.24) is 9.55 Å². The quantitative estimate of drug-likeness (QED) is 0.848. The predicted octanol–water partition coefficient (Wildman–Crippen LogP) is 1.43. The summed E-state index contributed by atoms with van der Waals surface area (Å²) in [6, 6.07) is 1.11. The van der Waals surface area contributed by atoms with E-state index in [1.807, 2.05) is 11.8 Å². The molecular weight excluding hydrogens is 327 g/mol. The van der Waals surface area contributed by atoms with E-state index in [0.29, 0.717) is 37.7 Å². The van der Waals surface area contributed by atoms with Crippen molar-refractivity contribution in [3.05, 3.63) is 33.9 Å². The Bertz CT molecular complexity index is 880. The van der Waals surface area contributed by atoms with Crippen LogP contribution in [-0.4, -0.2) is 40.3 Å². The smallest absolute Gasteiger partial charge is 0.341 e. The summed E-state index contributed by atoms with van der Waals surface area (Å²) >= 11 is 0. The van der Waals surface area contributed by atoms with Crippen molar-refractivity contribution in [1.29, 1.82) is 0 Å². The van der Waals surface area contributed by atoms with Crippen LogP contribution >= 0.6 is 0 Å². The van der Waals surface area contributed by atoms with Gasteiger partial charge in [0.15, 0.2) is 11.6 Å². The summed E-state index contributed by atoms with van der Waals surface area (Å²) < 4.78 is 16.2. The Morgan fingerprint density at radius 2 is 2.28 bits per heavy atom. The number of hydrogen-bond donors (Lipinski definition) is 2. The number of rotatable bonds is 5. The van der Waals surface area contributed by atoms with Gasteiger partial charge in [-0.1, -0.05) is 0 Å². The van der Waals surface area contributed by atoms with E-state index >= 15 is 0 Å². The summed E-state index contributed by atoms with van der Waals surface area (Å²) in [4.78, 5) is 29.8. The second kappa shape index (κ2) is 6.79. The van der Waals surface area contributed by atoms with Crippen LogP contribution in [0.3, 0.4) is 0 Å². The fraction of sp³-hybridized carbons (Fsp3) is 0.471. The lowest BCUT2D eigenvalue weighted by molar-refractivity contribution is 0.0695. The Balaban J connectivity index is 2.12. The van der Waals surface area contributed by atoms with Crippen LogP contribution in [0.2, 0.25) is 0 Å². The van der Waals surface area contributed by atoms with Crippen molar-refractivity contribution >= 4 is 22.8 Å². The number of aromatic carboxylic acids is 1. The summed E-state index contributed by atoms with van der Waals surface area (Å²) in [5.74, 6) is -1.33. The van der Waals surface area contributed by atoms with Crippen molar-refractivity contribution < 1.29 is 14.3 Å². The summed E-state index contributed by atoms with van der Waals surface area (Å²) in [5.41, 5.74) is 4.80. The molecule has 134 valence electrons. The van der Waals surface area contributed by atoms with E-state index in [0.717, 1.165) is 18.9 Å². The van der Waals surface area contributed by atoms with Gasteiger partial charge >= 0.3 is 5.97 Å². The summed E-state index contributed by atoms with van der Waals surface area (Å²) in [5, 5.41) is 9.16. The minimum atomic E-state index is -1.33. The molecule has 3 N–H and O–H groups in total. The van der Waals surface area contributed by atoms with Gasteiger partial charge in [-0.05, 0) is 38.3 Å². The molecule has 1 aliphatic heterocycles. The maximum absolute atomic E-state index is 14.6. The molecule has 3 heterocycles. The molecule has 1 unspecified atom stereocenters. The van der Waals surface area contributed by atoms with Crippen LogP contribution in [-0.2, 0) is 6.54 Å². The Labute approximate surface area is 143 Å². The van der Waals surface area contributed by atoms with Gasteiger partial charge in [-0.2, -0.15) is 0 Å². The SMILES string of the molecule is CCn1cc(C(=O)O)c(=O)c2cc(F)c(N3CCC(CCN)C3)nc21. The first kappa shape index (κ1) is 17.3. The van der Waals surface area contributed by atoms with Crippen LogP contribution in [0.5, 0.6) is 0 Å². The molecular formula is C17H21FN4O3. The summed E-state index contributed by atoms with van der Waals surface area (Å²) in [7, 11) is 0. The monoisotopic (exact) mass is 348 g/mol. The zero-order valence-corrected chi connectivity index (χ0v) is 14.0. The molecule has 2 aromatic rings. The molecule has 0 saturated carbocycles. The van der Waals surface area contributed by atoms with E-state index < -0.39 is 17.2 Å². The van der Waals surface area contributed by atoms with Crippen molar-refractivity contribution in [3.8, 4) is 0 Å². The molecule has 0 aliphatic carbocycles. The van der Waals surface area contributed by atoms with Crippen molar-refractivity contribution in [3.63, 3.8) is 0 Å². The Morgan fingerprint density at radius 3 is 2.92 bits per heavy atom. The highest BCUT2D eigenvalue weighted by Gasteiger charge is 2.26. The van der Waals surface area contributed by atoms with E-state index in [-0.39, 0.29) is 16.8 Å².